The Labute approximate surface area is 157 Å². The molecule has 0 bridgehead atoms. The van der Waals surface area contributed by atoms with E-state index < -0.39 is 12.1 Å². The molecule has 0 N–H and O–H groups in total. The first-order chi connectivity index (χ1) is 12.5. The zero-order valence-corrected chi connectivity index (χ0v) is 15.6. The molecule has 0 aliphatic heterocycles. The predicted octanol–water partition coefficient (Wildman–Crippen LogP) is 3.88. The Morgan fingerprint density at radius 3 is 2.85 bits per heavy atom. The van der Waals surface area contributed by atoms with Gasteiger partial charge in [0.25, 0.3) is 0 Å². The number of carbonyl (C=O) groups is 2. The van der Waals surface area contributed by atoms with Crippen molar-refractivity contribution in [3.8, 4) is 0 Å². The van der Waals surface area contributed by atoms with E-state index in [1.807, 2.05) is 42.8 Å². The number of Topliss-reactive ketones (excluding diaryl/α,β-unsaturated/α-hetero) is 1. The highest BCUT2D eigenvalue weighted by molar-refractivity contribution is 6.31. The Hall–Kier alpha value is -2.40. The fourth-order valence-corrected chi connectivity index (χ4v) is 3.33. The number of halogens is 1. The molecule has 1 saturated carbocycles. The van der Waals surface area contributed by atoms with Crippen LogP contribution in [0.15, 0.2) is 30.3 Å². The van der Waals surface area contributed by atoms with Crippen molar-refractivity contribution in [3.63, 3.8) is 0 Å². The van der Waals surface area contributed by atoms with Gasteiger partial charge in [0.05, 0.1) is 12.2 Å². The van der Waals surface area contributed by atoms with Gasteiger partial charge in [-0.2, -0.15) is 5.10 Å². The molecule has 2 aromatic rings. The van der Waals surface area contributed by atoms with E-state index in [0.717, 1.165) is 28.9 Å². The van der Waals surface area contributed by atoms with Crippen molar-refractivity contribution in [2.24, 2.45) is 0 Å². The van der Waals surface area contributed by atoms with Gasteiger partial charge in [-0.1, -0.05) is 29.8 Å². The average Bonchev–Trinajstić information content (AvgIpc) is 3.12. The summed E-state index contributed by atoms with van der Waals surface area (Å²) >= 11 is 6.22. The molecule has 6 heteroatoms. The number of aryl methyl sites for hydroxylation is 1. The summed E-state index contributed by atoms with van der Waals surface area (Å²) in [5, 5.41) is 5.24. The molecule has 0 amide bonds. The van der Waals surface area contributed by atoms with Gasteiger partial charge in [-0.15, -0.1) is 0 Å². The van der Waals surface area contributed by atoms with Crippen LogP contribution in [-0.4, -0.2) is 27.6 Å². The molecule has 0 saturated heterocycles. The third kappa shape index (κ3) is 4.05. The Kier molecular flexibility index (Phi) is 5.57. The molecule has 0 unspecified atom stereocenters. The van der Waals surface area contributed by atoms with E-state index in [0.29, 0.717) is 24.4 Å². The largest absolute Gasteiger partial charge is 0.451 e. The highest BCUT2D eigenvalue weighted by Crippen LogP contribution is 2.21. The van der Waals surface area contributed by atoms with Crippen LogP contribution < -0.4 is 0 Å². The smallest absolute Gasteiger partial charge is 0.331 e. The van der Waals surface area contributed by atoms with Gasteiger partial charge in [-0.25, -0.2) is 4.79 Å². The van der Waals surface area contributed by atoms with E-state index in [1.54, 1.807) is 6.08 Å². The van der Waals surface area contributed by atoms with E-state index >= 15 is 0 Å². The summed E-state index contributed by atoms with van der Waals surface area (Å²) in [6.45, 7) is 4.39. The minimum absolute atomic E-state index is 0.00618. The second-order valence-corrected chi connectivity index (χ2v) is 6.86. The lowest BCUT2D eigenvalue weighted by Crippen LogP contribution is -2.20. The van der Waals surface area contributed by atoms with Crippen LogP contribution in [0.2, 0.25) is 5.02 Å². The van der Waals surface area contributed by atoms with Crippen molar-refractivity contribution < 1.29 is 14.3 Å². The summed E-state index contributed by atoms with van der Waals surface area (Å²) < 4.78 is 7.09. The number of ketones is 1. The Balaban J connectivity index is 1.72. The van der Waals surface area contributed by atoms with Crippen molar-refractivity contribution >= 4 is 29.4 Å². The molecule has 5 nitrogen and oxygen atoms in total. The third-order valence-corrected chi connectivity index (χ3v) is 4.98. The maximum Gasteiger partial charge on any atom is 0.331 e. The van der Waals surface area contributed by atoms with Crippen molar-refractivity contribution in [3.05, 3.63) is 57.9 Å². The summed E-state index contributed by atoms with van der Waals surface area (Å²) in [5.74, 6) is -0.491. The van der Waals surface area contributed by atoms with E-state index in [-0.39, 0.29) is 5.78 Å². The molecule has 3 rings (SSSR count). The second kappa shape index (κ2) is 7.87. The van der Waals surface area contributed by atoms with Crippen molar-refractivity contribution in [2.75, 3.05) is 0 Å². The van der Waals surface area contributed by atoms with Gasteiger partial charge in [-0.3, -0.25) is 9.48 Å². The van der Waals surface area contributed by atoms with E-state index in [4.69, 9.17) is 16.3 Å². The molecule has 0 radical (unpaired) electrons. The molecule has 1 aliphatic carbocycles. The zero-order valence-electron chi connectivity index (χ0n) is 14.9. The molecular weight excluding hydrogens is 352 g/mol. The number of aromatic nitrogens is 2. The Bertz CT molecular complexity index is 870. The van der Waals surface area contributed by atoms with Crippen LogP contribution in [0.4, 0.5) is 0 Å². The summed E-state index contributed by atoms with van der Waals surface area (Å²) in [4.78, 5) is 23.5. The summed E-state index contributed by atoms with van der Waals surface area (Å²) in [6.07, 6.45) is 4.37. The van der Waals surface area contributed by atoms with Crippen LogP contribution in [0, 0.1) is 13.8 Å². The lowest BCUT2D eigenvalue weighted by Gasteiger charge is -2.07. The van der Waals surface area contributed by atoms with Crippen LogP contribution in [0.3, 0.4) is 0 Å². The van der Waals surface area contributed by atoms with Gasteiger partial charge >= 0.3 is 5.97 Å². The molecule has 1 aromatic heterocycles. The van der Waals surface area contributed by atoms with Crippen LogP contribution in [0.1, 0.15) is 41.8 Å². The van der Waals surface area contributed by atoms with Crippen LogP contribution in [0.5, 0.6) is 0 Å². The minimum Gasteiger partial charge on any atom is -0.451 e. The highest BCUT2D eigenvalue weighted by atomic mass is 35.5. The number of benzene rings is 1. The van der Waals surface area contributed by atoms with Crippen molar-refractivity contribution in [2.45, 2.75) is 45.8 Å². The number of hydrogen-bond donors (Lipinski definition) is 0. The quantitative estimate of drug-likeness (QED) is 0.590. The van der Waals surface area contributed by atoms with Crippen LogP contribution in [0.25, 0.3) is 6.08 Å². The van der Waals surface area contributed by atoms with Gasteiger partial charge < -0.3 is 4.74 Å². The number of rotatable bonds is 5. The molecule has 1 atom stereocenters. The number of carbonyl (C=O) groups excluding carboxylic acids is 2. The molecule has 26 heavy (non-hydrogen) atoms. The fourth-order valence-electron chi connectivity index (χ4n) is 3.13. The standard InChI is InChI=1S/C20H21ClN2O3/c1-13-16(10-11-20(25)26-19-9-5-8-18(19)24)14(2)23(22-13)12-15-6-3-4-7-17(15)21/h3-4,6-7,10-11,19H,5,8-9,12H2,1-2H3/b11-10+/t19-/m1/s1. The minimum atomic E-state index is -0.586. The topological polar surface area (TPSA) is 61.2 Å². The number of hydrogen-bond acceptors (Lipinski definition) is 4. The molecule has 136 valence electrons. The first-order valence-corrected chi connectivity index (χ1v) is 9.02. The monoisotopic (exact) mass is 372 g/mol. The maximum atomic E-state index is 12.0. The highest BCUT2D eigenvalue weighted by Gasteiger charge is 2.27. The van der Waals surface area contributed by atoms with Gasteiger partial charge in [0.15, 0.2) is 11.9 Å². The van der Waals surface area contributed by atoms with E-state index in [9.17, 15) is 9.59 Å². The predicted molar refractivity (Wildman–Crippen MR) is 100 cm³/mol. The van der Waals surface area contributed by atoms with Crippen LogP contribution in [-0.2, 0) is 20.9 Å². The van der Waals surface area contributed by atoms with Gasteiger partial charge in [0, 0.05) is 28.8 Å². The van der Waals surface area contributed by atoms with Gasteiger partial charge in [0.2, 0.25) is 0 Å². The van der Waals surface area contributed by atoms with E-state index in [1.165, 1.54) is 6.08 Å². The number of nitrogens with zero attached hydrogens (tertiary/aromatic N) is 2. The number of ether oxygens (including phenoxy) is 1. The van der Waals surface area contributed by atoms with E-state index in [2.05, 4.69) is 5.10 Å². The first-order valence-electron chi connectivity index (χ1n) is 8.64. The number of esters is 1. The lowest BCUT2D eigenvalue weighted by atomic mass is 10.1. The second-order valence-electron chi connectivity index (χ2n) is 6.45. The fraction of sp³-hybridized carbons (Fsp3) is 0.350. The molecule has 1 fully saturated rings. The molecule has 0 spiro atoms. The average molecular weight is 373 g/mol. The SMILES string of the molecule is Cc1nn(Cc2ccccc2Cl)c(C)c1/C=C/C(=O)O[C@@H]1CCCC1=O. The zero-order chi connectivity index (χ0) is 18.7. The summed E-state index contributed by atoms with van der Waals surface area (Å²) in [5.41, 5.74) is 3.60. The molecule has 1 aliphatic rings. The van der Waals surface area contributed by atoms with Crippen molar-refractivity contribution in [1.82, 2.24) is 9.78 Å². The molecule has 1 aromatic carbocycles. The van der Waals surface area contributed by atoms with Gasteiger partial charge in [-0.05, 0) is 44.4 Å². The van der Waals surface area contributed by atoms with Crippen molar-refractivity contribution in [1.29, 1.82) is 0 Å². The first kappa shape index (κ1) is 18.4. The third-order valence-electron chi connectivity index (χ3n) is 4.61. The molecule has 1 heterocycles. The Morgan fingerprint density at radius 1 is 1.38 bits per heavy atom. The summed E-state index contributed by atoms with van der Waals surface area (Å²) in [7, 11) is 0. The molecular formula is C20H21ClN2O3. The maximum absolute atomic E-state index is 12.0. The summed E-state index contributed by atoms with van der Waals surface area (Å²) in [6, 6.07) is 7.64. The van der Waals surface area contributed by atoms with Gasteiger partial charge in [0.1, 0.15) is 0 Å². The van der Waals surface area contributed by atoms with Crippen LogP contribution >= 0.6 is 11.6 Å². The lowest BCUT2D eigenvalue weighted by molar-refractivity contribution is -0.148. The normalized spacial score (nSPS) is 17.2. The Morgan fingerprint density at radius 2 is 2.15 bits per heavy atom.